The van der Waals surface area contributed by atoms with Crippen LogP contribution in [0, 0.1) is 0 Å². The molecule has 5 heteroatoms. The number of carboxylic acids is 1. The Hall–Kier alpha value is -2.30. The molecule has 0 spiro atoms. The maximum Gasteiger partial charge on any atom is 0.352 e. The average Bonchev–Trinajstić information content (AvgIpc) is 2.86. The molecular weight excluding hydrogens is 198 g/mol. The van der Waals surface area contributed by atoms with Crippen molar-refractivity contribution in [3.8, 4) is 11.5 Å². The van der Waals surface area contributed by atoms with Crippen molar-refractivity contribution in [2.75, 3.05) is 0 Å². The Kier molecular flexibility index (Phi) is 2.13. The summed E-state index contributed by atoms with van der Waals surface area (Å²) < 4.78 is 5.12. The van der Waals surface area contributed by atoms with Crippen molar-refractivity contribution in [1.82, 2.24) is 4.98 Å². The highest BCUT2D eigenvalue weighted by Gasteiger charge is 2.09. The first-order valence-corrected chi connectivity index (χ1v) is 4.18. The number of nitrogens with one attached hydrogen (secondary N) is 1. The molecule has 2 N–H and O–H groups in total. The Labute approximate surface area is 84.3 Å². The van der Waals surface area contributed by atoms with Crippen molar-refractivity contribution in [1.29, 1.82) is 0 Å². The van der Waals surface area contributed by atoms with Gasteiger partial charge < -0.3 is 14.5 Å². The van der Waals surface area contributed by atoms with Gasteiger partial charge in [-0.3, -0.25) is 4.79 Å². The first-order valence-electron chi connectivity index (χ1n) is 4.18. The molecule has 0 unspecified atom stereocenters. The van der Waals surface area contributed by atoms with E-state index < -0.39 is 5.97 Å². The van der Waals surface area contributed by atoms with E-state index in [1.54, 1.807) is 12.1 Å². The minimum Gasteiger partial charge on any atom is -0.477 e. The lowest BCUT2D eigenvalue weighted by molar-refractivity contribution is 0.0691. The molecule has 0 fully saturated rings. The van der Waals surface area contributed by atoms with Gasteiger partial charge in [-0.25, -0.2) is 4.79 Å². The van der Waals surface area contributed by atoms with Gasteiger partial charge >= 0.3 is 5.97 Å². The van der Waals surface area contributed by atoms with Crippen molar-refractivity contribution in [3.05, 3.63) is 35.7 Å². The number of aromatic nitrogens is 1. The fraction of sp³-hybridized carbons (Fsp3) is 0. The Morgan fingerprint density at radius 2 is 2.13 bits per heavy atom. The third-order valence-corrected chi connectivity index (χ3v) is 1.92. The van der Waals surface area contributed by atoms with Crippen LogP contribution in [-0.4, -0.2) is 22.3 Å². The number of aldehydes is 1. The molecule has 2 rings (SSSR count). The van der Waals surface area contributed by atoms with Gasteiger partial charge in [-0.2, -0.15) is 0 Å². The van der Waals surface area contributed by atoms with Crippen molar-refractivity contribution >= 4 is 12.3 Å². The summed E-state index contributed by atoms with van der Waals surface area (Å²) in [5.41, 5.74) is 0.606. The molecule has 2 aromatic heterocycles. The molecule has 0 radical (unpaired) electrons. The van der Waals surface area contributed by atoms with Crippen LogP contribution in [0.3, 0.4) is 0 Å². The van der Waals surface area contributed by atoms with Crippen LogP contribution in [0.5, 0.6) is 0 Å². The lowest BCUT2D eigenvalue weighted by Crippen LogP contribution is -1.95. The van der Waals surface area contributed by atoms with Gasteiger partial charge in [0.1, 0.15) is 5.69 Å². The normalized spacial score (nSPS) is 10.1. The van der Waals surface area contributed by atoms with E-state index in [4.69, 9.17) is 9.52 Å². The number of carbonyl (C=O) groups is 2. The van der Waals surface area contributed by atoms with Gasteiger partial charge in [-0.05, 0) is 24.3 Å². The highest BCUT2D eigenvalue weighted by atomic mass is 16.4. The molecule has 0 saturated carbocycles. The van der Waals surface area contributed by atoms with Crippen LogP contribution in [0.25, 0.3) is 11.5 Å². The Bertz CT molecular complexity index is 509. The fourth-order valence-corrected chi connectivity index (χ4v) is 1.22. The number of carboxylic acid groups (broad SMARTS) is 1. The van der Waals surface area contributed by atoms with E-state index in [2.05, 4.69) is 4.98 Å². The number of furan rings is 1. The van der Waals surface area contributed by atoms with E-state index in [1.165, 1.54) is 12.1 Å². The molecule has 5 nitrogen and oxygen atoms in total. The zero-order valence-corrected chi connectivity index (χ0v) is 7.56. The third kappa shape index (κ3) is 1.67. The van der Waals surface area contributed by atoms with E-state index in [-0.39, 0.29) is 11.5 Å². The van der Waals surface area contributed by atoms with Crippen LogP contribution < -0.4 is 0 Å². The number of rotatable bonds is 3. The second-order valence-corrected chi connectivity index (χ2v) is 2.91. The van der Waals surface area contributed by atoms with Crippen LogP contribution in [0.4, 0.5) is 0 Å². The predicted octanol–water partition coefficient (Wildman–Crippen LogP) is 1.79. The van der Waals surface area contributed by atoms with E-state index in [9.17, 15) is 9.59 Å². The number of aromatic amines is 1. The van der Waals surface area contributed by atoms with Crippen molar-refractivity contribution < 1.29 is 19.1 Å². The van der Waals surface area contributed by atoms with Crippen LogP contribution >= 0.6 is 0 Å². The summed E-state index contributed by atoms with van der Waals surface area (Å²) in [6.07, 6.45) is 0.588. The van der Waals surface area contributed by atoms with Gasteiger partial charge in [-0.1, -0.05) is 0 Å². The smallest absolute Gasteiger partial charge is 0.352 e. The Morgan fingerprint density at radius 1 is 1.33 bits per heavy atom. The molecule has 0 aliphatic heterocycles. The SMILES string of the molecule is O=Cc1ccc(-c2ccc(C(=O)O)[nH]2)o1. The Morgan fingerprint density at radius 3 is 2.67 bits per heavy atom. The Balaban J connectivity index is 2.36. The molecule has 0 bridgehead atoms. The highest BCUT2D eigenvalue weighted by molar-refractivity contribution is 5.86. The number of H-pyrrole nitrogens is 1. The minimum atomic E-state index is -1.04. The van der Waals surface area contributed by atoms with Crippen molar-refractivity contribution in [3.63, 3.8) is 0 Å². The predicted molar refractivity (Wildman–Crippen MR) is 50.8 cm³/mol. The number of carbonyl (C=O) groups excluding carboxylic acids is 1. The molecule has 0 atom stereocenters. The van der Waals surface area contributed by atoms with Crippen LogP contribution in [0.15, 0.2) is 28.7 Å². The van der Waals surface area contributed by atoms with Crippen molar-refractivity contribution in [2.24, 2.45) is 0 Å². The summed E-state index contributed by atoms with van der Waals surface area (Å²) >= 11 is 0. The molecule has 0 aliphatic rings. The fourth-order valence-electron chi connectivity index (χ4n) is 1.22. The standard InChI is InChI=1S/C10H7NO4/c12-5-6-1-4-9(15-6)7-2-3-8(11-7)10(13)14/h1-5,11H,(H,13,14). The largest absolute Gasteiger partial charge is 0.477 e. The summed E-state index contributed by atoms with van der Waals surface area (Å²) in [6, 6.07) is 6.13. The highest BCUT2D eigenvalue weighted by Crippen LogP contribution is 2.20. The second kappa shape index (κ2) is 3.45. The van der Waals surface area contributed by atoms with Crippen LogP contribution in [0.2, 0.25) is 0 Å². The van der Waals surface area contributed by atoms with Gasteiger partial charge in [0.25, 0.3) is 0 Å². The summed E-state index contributed by atoms with van der Waals surface area (Å²) in [4.78, 5) is 23.6. The first kappa shape index (κ1) is 9.26. The van der Waals surface area contributed by atoms with Crippen LogP contribution in [0.1, 0.15) is 21.0 Å². The molecule has 2 heterocycles. The quantitative estimate of drug-likeness (QED) is 0.748. The molecule has 0 aromatic carbocycles. The zero-order chi connectivity index (χ0) is 10.8. The summed E-state index contributed by atoms with van der Waals surface area (Å²) in [5.74, 6) is -0.399. The third-order valence-electron chi connectivity index (χ3n) is 1.92. The summed E-state index contributed by atoms with van der Waals surface area (Å²) in [5, 5.41) is 8.68. The van der Waals surface area contributed by atoms with Gasteiger partial charge in [0.05, 0.1) is 5.69 Å². The summed E-state index contributed by atoms with van der Waals surface area (Å²) in [6.45, 7) is 0. The number of hydrogen-bond acceptors (Lipinski definition) is 3. The molecule has 0 aliphatic carbocycles. The minimum absolute atomic E-state index is 0.0778. The van der Waals surface area contributed by atoms with E-state index in [0.29, 0.717) is 17.7 Å². The molecule has 0 saturated heterocycles. The molecule has 2 aromatic rings. The van der Waals surface area contributed by atoms with Crippen molar-refractivity contribution in [2.45, 2.75) is 0 Å². The zero-order valence-electron chi connectivity index (χ0n) is 7.56. The molecule has 0 amide bonds. The topological polar surface area (TPSA) is 83.3 Å². The van der Waals surface area contributed by atoms with Gasteiger partial charge in [0.2, 0.25) is 0 Å². The van der Waals surface area contributed by atoms with Gasteiger partial charge in [0.15, 0.2) is 17.8 Å². The molecule has 76 valence electrons. The van der Waals surface area contributed by atoms with Crippen LogP contribution in [-0.2, 0) is 0 Å². The monoisotopic (exact) mass is 205 g/mol. The van der Waals surface area contributed by atoms with Gasteiger partial charge in [0, 0.05) is 0 Å². The average molecular weight is 205 g/mol. The lowest BCUT2D eigenvalue weighted by Gasteiger charge is -1.90. The second-order valence-electron chi connectivity index (χ2n) is 2.91. The van der Waals surface area contributed by atoms with E-state index >= 15 is 0 Å². The molecule has 15 heavy (non-hydrogen) atoms. The molecular formula is C10H7NO4. The van der Waals surface area contributed by atoms with E-state index in [1.807, 2.05) is 0 Å². The van der Waals surface area contributed by atoms with Gasteiger partial charge in [-0.15, -0.1) is 0 Å². The maximum absolute atomic E-state index is 10.6. The maximum atomic E-state index is 10.6. The summed E-state index contributed by atoms with van der Waals surface area (Å²) in [7, 11) is 0. The number of aromatic carboxylic acids is 1. The first-order chi connectivity index (χ1) is 7.20. The van der Waals surface area contributed by atoms with E-state index in [0.717, 1.165) is 0 Å². The lowest BCUT2D eigenvalue weighted by atomic mass is 10.3. The number of hydrogen-bond donors (Lipinski definition) is 2.